The molecule has 1 aliphatic heterocycles. The summed E-state index contributed by atoms with van der Waals surface area (Å²) < 4.78 is 0. The first-order valence-corrected chi connectivity index (χ1v) is 10.6. The number of anilines is 1. The fraction of sp³-hybridized carbons (Fsp3) is 0.375. The molecule has 1 aliphatic carbocycles. The lowest BCUT2D eigenvalue weighted by molar-refractivity contribution is -0.136. The summed E-state index contributed by atoms with van der Waals surface area (Å²) in [4.78, 5) is 39.4. The topological polar surface area (TPSA) is 78.5 Å². The van der Waals surface area contributed by atoms with Gasteiger partial charge in [0.25, 0.3) is 5.91 Å². The predicted molar refractivity (Wildman–Crippen MR) is 115 cm³/mol. The molecule has 1 spiro atoms. The van der Waals surface area contributed by atoms with E-state index in [0.29, 0.717) is 18.5 Å². The first kappa shape index (κ1) is 20.1. The van der Waals surface area contributed by atoms with Crippen molar-refractivity contribution in [3.8, 4) is 0 Å². The highest BCUT2D eigenvalue weighted by Gasteiger charge is 2.55. The second-order valence-corrected chi connectivity index (χ2v) is 8.31. The highest BCUT2D eigenvalue weighted by Crippen LogP contribution is 2.38. The maximum Gasteiger partial charge on any atom is 0.325 e. The standard InChI is InChI=1S/C24H27N3O3/c1-17-9-7-8-14-24(17)22(29)27(23(30)26-24)16-21(28)25-20-13-6-5-12-19(20)15-18-10-3-2-4-11-18/h2-6,10-13,17H,7-9,14-16H2,1H3,(H,25,28)(H,26,30)/t17-,24-/m0/s1. The number of hydrogen-bond acceptors (Lipinski definition) is 3. The number of amides is 4. The Balaban J connectivity index is 1.45. The fourth-order valence-corrected chi connectivity index (χ4v) is 4.58. The molecule has 1 heterocycles. The number of para-hydroxylation sites is 1. The van der Waals surface area contributed by atoms with Gasteiger partial charge in [-0.2, -0.15) is 0 Å². The first-order valence-electron chi connectivity index (χ1n) is 10.6. The van der Waals surface area contributed by atoms with Gasteiger partial charge < -0.3 is 10.6 Å². The summed E-state index contributed by atoms with van der Waals surface area (Å²) in [6, 6.07) is 17.1. The van der Waals surface area contributed by atoms with Crippen molar-refractivity contribution in [2.75, 3.05) is 11.9 Å². The van der Waals surface area contributed by atoms with Gasteiger partial charge in [-0.3, -0.25) is 14.5 Å². The molecule has 2 fully saturated rings. The van der Waals surface area contributed by atoms with Crippen LogP contribution in [0.2, 0.25) is 0 Å². The molecule has 1 saturated heterocycles. The zero-order valence-electron chi connectivity index (χ0n) is 17.2. The molecule has 2 N–H and O–H groups in total. The fourth-order valence-electron chi connectivity index (χ4n) is 4.58. The highest BCUT2D eigenvalue weighted by atomic mass is 16.2. The minimum absolute atomic E-state index is 0.0716. The molecule has 2 aromatic rings. The van der Waals surface area contributed by atoms with Crippen molar-refractivity contribution in [1.29, 1.82) is 0 Å². The van der Waals surface area contributed by atoms with E-state index in [0.717, 1.165) is 35.3 Å². The second-order valence-electron chi connectivity index (χ2n) is 8.31. The van der Waals surface area contributed by atoms with Crippen molar-refractivity contribution in [2.24, 2.45) is 5.92 Å². The van der Waals surface area contributed by atoms with E-state index in [9.17, 15) is 14.4 Å². The Labute approximate surface area is 176 Å². The molecule has 2 aliphatic rings. The molecule has 30 heavy (non-hydrogen) atoms. The van der Waals surface area contributed by atoms with Crippen LogP contribution in [0.3, 0.4) is 0 Å². The summed E-state index contributed by atoms with van der Waals surface area (Å²) in [7, 11) is 0. The van der Waals surface area contributed by atoms with Crippen LogP contribution in [0.1, 0.15) is 43.7 Å². The predicted octanol–water partition coefficient (Wildman–Crippen LogP) is 3.72. The SMILES string of the molecule is C[C@H]1CCCC[C@]12NC(=O)N(CC(=O)Nc1ccccc1Cc1ccccc1)C2=O. The van der Waals surface area contributed by atoms with E-state index in [4.69, 9.17) is 0 Å². The molecule has 4 rings (SSSR count). The number of hydrogen-bond donors (Lipinski definition) is 2. The number of rotatable bonds is 5. The lowest BCUT2D eigenvalue weighted by Crippen LogP contribution is -2.54. The summed E-state index contributed by atoms with van der Waals surface area (Å²) in [6.45, 7) is 1.72. The molecule has 0 bridgehead atoms. The van der Waals surface area contributed by atoms with E-state index >= 15 is 0 Å². The van der Waals surface area contributed by atoms with Crippen LogP contribution in [0.15, 0.2) is 54.6 Å². The zero-order valence-corrected chi connectivity index (χ0v) is 17.2. The maximum atomic E-state index is 13.1. The highest BCUT2D eigenvalue weighted by molar-refractivity contribution is 6.10. The quantitative estimate of drug-likeness (QED) is 0.744. The molecule has 0 aromatic heterocycles. The Morgan fingerprint density at radius 2 is 1.83 bits per heavy atom. The number of imide groups is 1. The number of benzene rings is 2. The normalized spacial score (nSPS) is 23.5. The van der Waals surface area contributed by atoms with E-state index in [-0.39, 0.29) is 24.3 Å². The average molecular weight is 405 g/mol. The van der Waals surface area contributed by atoms with Crippen LogP contribution in [0.4, 0.5) is 10.5 Å². The summed E-state index contributed by atoms with van der Waals surface area (Å²) >= 11 is 0. The van der Waals surface area contributed by atoms with E-state index in [1.54, 1.807) is 0 Å². The number of nitrogens with zero attached hydrogens (tertiary/aromatic N) is 1. The Hall–Kier alpha value is -3.15. The van der Waals surface area contributed by atoms with Crippen LogP contribution in [0, 0.1) is 5.92 Å². The maximum absolute atomic E-state index is 13.1. The van der Waals surface area contributed by atoms with Crippen LogP contribution in [-0.2, 0) is 16.0 Å². The van der Waals surface area contributed by atoms with Crippen molar-refractivity contribution in [1.82, 2.24) is 10.2 Å². The molecular formula is C24H27N3O3. The summed E-state index contributed by atoms with van der Waals surface area (Å²) in [5.74, 6) is -0.575. The van der Waals surface area contributed by atoms with Crippen LogP contribution >= 0.6 is 0 Å². The van der Waals surface area contributed by atoms with Gasteiger partial charge in [0.15, 0.2) is 0 Å². The van der Waals surface area contributed by atoms with Gasteiger partial charge in [-0.25, -0.2) is 4.79 Å². The van der Waals surface area contributed by atoms with E-state index in [1.165, 1.54) is 0 Å². The molecule has 2 aromatic carbocycles. The third-order valence-electron chi connectivity index (χ3n) is 6.33. The van der Waals surface area contributed by atoms with Crippen molar-refractivity contribution in [2.45, 2.75) is 44.6 Å². The van der Waals surface area contributed by atoms with Crippen LogP contribution in [0.5, 0.6) is 0 Å². The molecule has 0 unspecified atom stereocenters. The Morgan fingerprint density at radius 1 is 1.10 bits per heavy atom. The average Bonchev–Trinajstić information content (AvgIpc) is 2.97. The Kier molecular flexibility index (Phi) is 5.57. The number of carbonyl (C=O) groups is 3. The number of nitrogens with one attached hydrogen (secondary N) is 2. The van der Waals surface area contributed by atoms with E-state index in [1.807, 2.05) is 61.5 Å². The molecule has 0 radical (unpaired) electrons. The minimum Gasteiger partial charge on any atom is -0.324 e. The van der Waals surface area contributed by atoms with Crippen LogP contribution in [0.25, 0.3) is 0 Å². The molecule has 4 amide bonds. The zero-order chi connectivity index (χ0) is 21.1. The third-order valence-corrected chi connectivity index (χ3v) is 6.33. The lowest BCUT2D eigenvalue weighted by atomic mass is 9.73. The second kappa shape index (κ2) is 8.30. The van der Waals surface area contributed by atoms with Gasteiger partial charge in [0.1, 0.15) is 12.1 Å². The smallest absolute Gasteiger partial charge is 0.324 e. The number of carbonyl (C=O) groups excluding carboxylic acids is 3. The third kappa shape index (κ3) is 3.82. The Morgan fingerprint density at radius 3 is 2.60 bits per heavy atom. The lowest BCUT2D eigenvalue weighted by Gasteiger charge is -2.36. The first-order chi connectivity index (χ1) is 14.5. The largest absolute Gasteiger partial charge is 0.325 e. The van der Waals surface area contributed by atoms with Crippen LogP contribution < -0.4 is 10.6 Å². The molecule has 156 valence electrons. The van der Waals surface area contributed by atoms with Gasteiger partial charge in [-0.15, -0.1) is 0 Å². The summed E-state index contributed by atoms with van der Waals surface area (Å²) in [5.41, 5.74) is 1.97. The molecular weight excluding hydrogens is 378 g/mol. The monoisotopic (exact) mass is 405 g/mol. The van der Waals surface area contributed by atoms with Gasteiger partial charge in [-0.1, -0.05) is 68.3 Å². The van der Waals surface area contributed by atoms with Gasteiger partial charge in [0.05, 0.1) is 0 Å². The van der Waals surface area contributed by atoms with Crippen molar-refractivity contribution >= 4 is 23.5 Å². The van der Waals surface area contributed by atoms with Gasteiger partial charge in [-0.05, 0) is 42.4 Å². The molecule has 6 nitrogen and oxygen atoms in total. The van der Waals surface area contributed by atoms with E-state index in [2.05, 4.69) is 10.6 Å². The van der Waals surface area contributed by atoms with Crippen molar-refractivity contribution in [3.05, 3.63) is 65.7 Å². The van der Waals surface area contributed by atoms with Crippen molar-refractivity contribution in [3.63, 3.8) is 0 Å². The van der Waals surface area contributed by atoms with Gasteiger partial charge >= 0.3 is 6.03 Å². The van der Waals surface area contributed by atoms with E-state index < -0.39 is 11.6 Å². The molecule has 2 atom stereocenters. The van der Waals surface area contributed by atoms with Crippen LogP contribution in [-0.4, -0.2) is 34.8 Å². The minimum atomic E-state index is -0.846. The Bertz CT molecular complexity index is 959. The summed E-state index contributed by atoms with van der Waals surface area (Å²) in [6.07, 6.45) is 4.19. The van der Waals surface area contributed by atoms with Crippen molar-refractivity contribution < 1.29 is 14.4 Å². The molecule has 1 saturated carbocycles. The summed E-state index contributed by atoms with van der Waals surface area (Å²) in [5, 5.41) is 5.78. The van der Waals surface area contributed by atoms with Gasteiger partial charge in [0.2, 0.25) is 5.91 Å². The molecule has 6 heteroatoms. The van der Waals surface area contributed by atoms with Gasteiger partial charge in [0, 0.05) is 5.69 Å². The number of urea groups is 1.